The van der Waals surface area contributed by atoms with E-state index in [0.717, 1.165) is 44.4 Å². The van der Waals surface area contributed by atoms with Crippen molar-refractivity contribution in [3.8, 4) is 6.07 Å². The third-order valence-corrected chi connectivity index (χ3v) is 5.84. The Labute approximate surface area is 129 Å². The summed E-state index contributed by atoms with van der Waals surface area (Å²) in [7, 11) is 1.93. The fourth-order valence-corrected chi connectivity index (χ4v) is 4.15. The van der Waals surface area contributed by atoms with Crippen LogP contribution in [0.25, 0.3) is 0 Å². The smallest absolute Gasteiger partial charge is 0.243 e. The highest BCUT2D eigenvalue weighted by atomic mass is 16.2. The summed E-state index contributed by atoms with van der Waals surface area (Å²) in [5.74, 6) is 0.944. The molecule has 0 N–H and O–H groups in total. The van der Waals surface area contributed by atoms with E-state index in [9.17, 15) is 10.1 Å². The van der Waals surface area contributed by atoms with Gasteiger partial charge in [0.1, 0.15) is 5.41 Å². The molecule has 2 saturated carbocycles. The number of nitriles is 1. The van der Waals surface area contributed by atoms with Gasteiger partial charge in [-0.05, 0) is 44.4 Å². The van der Waals surface area contributed by atoms with Crippen LogP contribution in [0.2, 0.25) is 0 Å². The summed E-state index contributed by atoms with van der Waals surface area (Å²) in [6.45, 7) is 2.26. The van der Waals surface area contributed by atoms with E-state index >= 15 is 0 Å². The van der Waals surface area contributed by atoms with Gasteiger partial charge in [0.15, 0.2) is 0 Å². The number of rotatable bonds is 3. The normalized spacial score (nSPS) is 29.2. The monoisotopic (exact) mass is 290 g/mol. The first-order valence-corrected chi connectivity index (χ1v) is 8.81. The fraction of sp³-hybridized carbons (Fsp3) is 0.889. The number of amides is 1. The molecule has 0 aliphatic heterocycles. The van der Waals surface area contributed by atoms with Crippen LogP contribution in [0.15, 0.2) is 0 Å². The van der Waals surface area contributed by atoms with Crippen LogP contribution in [0.3, 0.4) is 0 Å². The third-order valence-electron chi connectivity index (χ3n) is 5.84. The van der Waals surface area contributed by atoms with Crippen molar-refractivity contribution in [1.29, 1.82) is 5.26 Å². The van der Waals surface area contributed by atoms with Crippen molar-refractivity contribution in [3.05, 3.63) is 0 Å². The maximum atomic E-state index is 13.0. The molecule has 0 aromatic heterocycles. The van der Waals surface area contributed by atoms with Gasteiger partial charge in [0.25, 0.3) is 0 Å². The first-order chi connectivity index (χ1) is 10.1. The minimum atomic E-state index is -0.729. The molecule has 0 radical (unpaired) electrons. The summed E-state index contributed by atoms with van der Waals surface area (Å²) < 4.78 is 0. The highest BCUT2D eigenvalue weighted by Crippen LogP contribution is 2.38. The van der Waals surface area contributed by atoms with Crippen molar-refractivity contribution in [2.75, 3.05) is 7.05 Å². The molecule has 0 bridgehead atoms. The summed E-state index contributed by atoms with van der Waals surface area (Å²) in [6.07, 6.45) is 11.9. The van der Waals surface area contributed by atoms with Crippen molar-refractivity contribution in [2.24, 2.45) is 11.3 Å². The zero-order valence-electron chi connectivity index (χ0n) is 13.7. The van der Waals surface area contributed by atoms with Gasteiger partial charge in [0.2, 0.25) is 5.91 Å². The first kappa shape index (κ1) is 16.3. The van der Waals surface area contributed by atoms with E-state index in [1.165, 1.54) is 32.1 Å². The molecule has 0 aromatic rings. The van der Waals surface area contributed by atoms with Gasteiger partial charge in [-0.1, -0.05) is 39.0 Å². The molecule has 2 fully saturated rings. The molecule has 0 unspecified atom stereocenters. The van der Waals surface area contributed by atoms with E-state index in [2.05, 4.69) is 13.0 Å². The highest BCUT2D eigenvalue weighted by Gasteiger charge is 2.42. The van der Waals surface area contributed by atoms with Gasteiger partial charge < -0.3 is 4.90 Å². The van der Waals surface area contributed by atoms with Gasteiger partial charge in [-0.2, -0.15) is 5.26 Å². The molecule has 3 nitrogen and oxygen atoms in total. The molecule has 0 saturated heterocycles. The number of nitrogens with zero attached hydrogens (tertiary/aromatic N) is 2. The van der Waals surface area contributed by atoms with Gasteiger partial charge in [-0.15, -0.1) is 0 Å². The van der Waals surface area contributed by atoms with Crippen molar-refractivity contribution in [1.82, 2.24) is 4.90 Å². The average molecular weight is 290 g/mol. The van der Waals surface area contributed by atoms with Gasteiger partial charge in [-0.25, -0.2) is 0 Å². The van der Waals surface area contributed by atoms with Crippen molar-refractivity contribution in [3.63, 3.8) is 0 Å². The van der Waals surface area contributed by atoms with Crippen molar-refractivity contribution < 1.29 is 4.79 Å². The molecule has 0 aromatic carbocycles. The minimum absolute atomic E-state index is 0.104. The van der Waals surface area contributed by atoms with Crippen LogP contribution in [0.1, 0.15) is 77.6 Å². The standard InChI is InChI=1S/C18H30N2O/c1-3-15-8-10-16(11-9-15)20(2)17(21)18(14-19)12-6-4-5-7-13-18/h15-16H,3-13H2,1-2H3. The summed E-state index contributed by atoms with van der Waals surface area (Å²) >= 11 is 0. The SMILES string of the molecule is CCC1CCC(N(C)C(=O)C2(C#N)CCCCCC2)CC1. The second-order valence-electron chi connectivity index (χ2n) is 7.11. The van der Waals surface area contributed by atoms with E-state index < -0.39 is 5.41 Å². The number of carbonyl (C=O) groups excluding carboxylic acids is 1. The lowest BCUT2D eigenvalue weighted by atomic mass is 9.78. The molecule has 2 aliphatic rings. The van der Waals surface area contributed by atoms with Gasteiger partial charge in [-0.3, -0.25) is 4.79 Å². The van der Waals surface area contributed by atoms with Gasteiger partial charge in [0.05, 0.1) is 6.07 Å². The van der Waals surface area contributed by atoms with E-state index in [0.29, 0.717) is 6.04 Å². The Bertz CT molecular complexity index is 383. The van der Waals surface area contributed by atoms with Gasteiger partial charge in [0, 0.05) is 13.1 Å². The summed E-state index contributed by atoms with van der Waals surface area (Å²) in [4.78, 5) is 14.9. The molecular weight excluding hydrogens is 260 g/mol. The predicted molar refractivity (Wildman–Crippen MR) is 84.6 cm³/mol. The average Bonchev–Trinajstić information content (AvgIpc) is 2.80. The van der Waals surface area contributed by atoms with E-state index in [-0.39, 0.29) is 5.91 Å². The summed E-state index contributed by atoms with van der Waals surface area (Å²) in [5.41, 5.74) is -0.729. The van der Waals surface area contributed by atoms with Gasteiger partial charge >= 0.3 is 0 Å². The molecule has 2 aliphatic carbocycles. The minimum Gasteiger partial charge on any atom is -0.341 e. The van der Waals surface area contributed by atoms with Crippen molar-refractivity contribution in [2.45, 2.75) is 83.6 Å². The summed E-state index contributed by atoms with van der Waals surface area (Å²) in [5, 5.41) is 9.67. The Balaban J connectivity index is 2.02. The van der Waals surface area contributed by atoms with Crippen LogP contribution < -0.4 is 0 Å². The molecule has 2 rings (SSSR count). The zero-order chi connectivity index (χ0) is 15.3. The maximum Gasteiger partial charge on any atom is 0.243 e. The van der Waals surface area contributed by atoms with Crippen LogP contribution in [0.5, 0.6) is 0 Å². The predicted octanol–water partition coefficient (Wildman–Crippen LogP) is 4.28. The zero-order valence-corrected chi connectivity index (χ0v) is 13.7. The van der Waals surface area contributed by atoms with Crippen LogP contribution in [-0.2, 0) is 4.79 Å². The molecular formula is C18H30N2O. The van der Waals surface area contributed by atoms with E-state index in [1.54, 1.807) is 0 Å². The molecule has 0 spiro atoms. The Morgan fingerprint density at radius 1 is 1.14 bits per heavy atom. The van der Waals surface area contributed by atoms with Crippen LogP contribution in [0.4, 0.5) is 0 Å². The number of hydrogen-bond donors (Lipinski definition) is 0. The van der Waals surface area contributed by atoms with Crippen molar-refractivity contribution >= 4 is 5.91 Å². The van der Waals surface area contributed by atoms with E-state index in [1.807, 2.05) is 11.9 Å². The molecule has 21 heavy (non-hydrogen) atoms. The Hall–Kier alpha value is -1.04. The quantitative estimate of drug-likeness (QED) is 0.728. The Morgan fingerprint density at radius 2 is 1.71 bits per heavy atom. The largest absolute Gasteiger partial charge is 0.341 e. The molecule has 0 atom stereocenters. The second kappa shape index (κ2) is 7.29. The lowest BCUT2D eigenvalue weighted by Crippen LogP contribution is -2.47. The number of carbonyl (C=O) groups is 1. The van der Waals surface area contributed by atoms with Crippen LogP contribution >= 0.6 is 0 Å². The lowest BCUT2D eigenvalue weighted by molar-refractivity contribution is -0.141. The first-order valence-electron chi connectivity index (χ1n) is 8.81. The topological polar surface area (TPSA) is 44.1 Å². The highest BCUT2D eigenvalue weighted by molar-refractivity contribution is 5.85. The summed E-state index contributed by atoms with van der Waals surface area (Å²) in [6, 6.07) is 2.76. The number of hydrogen-bond acceptors (Lipinski definition) is 2. The maximum absolute atomic E-state index is 13.0. The third kappa shape index (κ3) is 3.59. The van der Waals surface area contributed by atoms with Crippen LogP contribution in [0, 0.1) is 22.7 Å². The molecule has 1 amide bonds. The molecule has 3 heteroatoms. The van der Waals surface area contributed by atoms with Crippen LogP contribution in [-0.4, -0.2) is 23.9 Å². The van der Waals surface area contributed by atoms with E-state index in [4.69, 9.17) is 0 Å². The Kier molecular flexibility index (Phi) is 5.67. The fourth-order valence-electron chi connectivity index (χ4n) is 4.15. The lowest BCUT2D eigenvalue weighted by Gasteiger charge is -2.38. The second-order valence-corrected chi connectivity index (χ2v) is 7.11. The Morgan fingerprint density at radius 3 is 2.19 bits per heavy atom. The molecule has 118 valence electrons. The molecule has 0 heterocycles.